The number of hydrogen-bond donors (Lipinski definition) is 2. The summed E-state index contributed by atoms with van der Waals surface area (Å²) >= 11 is 0. The molecule has 0 heterocycles. The molecule has 2 saturated carbocycles. The van der Waals surface area contributed by atoms with Crippen LogP contribution >= 0.6 is 0 Å². The van der Waals surface area contributed by atoms with Gasteiger partial charge in [0.05, 0.1) is 29.2 Å². The summed E-state index contributed by atoms with van der Waals surface area (Å²) < 4.78 is 24.2. The summed E-state index contributed by atoms with van der Waals surface area (Å²) in [4.78, 5) is 13.2. The molecule has 7 heteroatoms. The molecule has 0 aromatic heterocycles. The van der Waals surface area contributed by atoms with E-state index >= 15 is 0 Å². The molecule has 3 aromatic carbocycles. The normalized spacial score (nSPS) is 16.0. The predicted octanol–water partition coefficient (Wildman–Crippen LogP) is 6.36. The molecule has 1 amide bonds. The molecule has 37 heavy (non-hydrogen) atoms. The van der Waals surface area contributed by atoms with Crippen molar-refractivity contribution in [2.75, 3.05) is 11.1 Å². The van der Waals surface area contributed by atoms with E-state index in [1.54, 1.807) is 31.2 Å². The number of nitriles is 1. The van der Waals surface area contributed by atoms with Gasteiger partial charge in [-0.05, 0) is 103 Å². The van der Waals surface area contributed by atoms with Crippen molar-refractivity contribution >= 4 is 27.1 Å². The fourth-order valence-electron chi connectivity index (χ4n) is 4.58. The second-order valence-corrected chi connectivity index (χ2v) is 12.3. The molecular weight excluding hydrogens is 482 g/mol. The van der Waals surface area contributed by atoms with Gasteiger partial charge in [0.1, 0.15) is 0 Å². The monoisotopic (exact) mass is 513 g/mol. The number of benzene rings is 3. The molecule has 0 unspecified atom stereocenters. The van der Waals surface area contributed by atoms with Gasteiger partial charge in [-0.15, -0.1) is 0 Å². The summed E-state index contributed by atoms with van der Waals surface area (Å²) in [5.74, 6) is 1.12. The number of amides is 1. The van der Waals surface area contributed by atoms with E-state index in [0.717, 1.165) is 11.4 Å². The maximum atomic E-state index is 13.0. The van der Waals surface area contributed by atoms with E-state index in [4.69, 9.17) is 0 Å². The molecule has 2 fully saturated rings. The van der Waals surface area contributed by atoms with E-state index in [1.807, 2.05) is 12.1 Å². The third-order valence-electron chi connectivity index (χ3n) is 7.13. The number of sulfone groups is 1. The molecule has 0 radical (unpaired) electrons. The van der Waals surface area contributed by atoms with Gasteiger partial charge in [-0.3, -0.25) is 4.79 Å². The van der Waals surface area contributed by atoms with Gasteiger partial charge >= 0.3 is 0 Å². The number of hydrogen-bond acceptors (Lipinski definition) is 5. The number of rotatable bonds is 10. The molecule has 3 aromatic rings. The minimum atomic E-state index is -3.31. The lowest BCUT2D eigenvalue weighted by molar-refractivity contribution is 0.0937. The molecule has 1 atom stereocenters. The first-order valence-corrected chi connectivity index (χ1v) is 14.5. The van der Waals surface area contributed by atoms with Gasteiger partial charge in [0.25, 0.3) is 5.91 Å². The summed E-state index contributed by atoms with van der Waals surface area (Å²) in [6.45, 7) is 1.60. The standard InChI is InChI=1S/C30H31N3O3S/c1-2-37(35,36)28-13-9-22(10-14-28)29(15-16-31)33-30(34)23-7-11-26(12-8-23)32-27-18-24(20-3-4-20)17-25(19-27)21-5-6-21/h7-14,17-21,29,32H,2-6,15H2,1H3,(H,33,34)/t29-/m0/s1. The Bertz CT molecular complexity index is 1400. The summed E-state index contributed by atoms with van der Waals surface area (Å²) in [7, 11) is -3.31. The van der Waals surface area contributed by atoms with E-state index in [1.165, 1.54) is 48.9 Å². The molecule has 0 bridgehead atoms. The third-order valence-corrected chi connectivity index (χ3v) is 8.88. The zero-order valence-corrected chi connectivity index (χ0v) is 21.7. The Morgan fingerprint density at radius 2 is 1.51 bits per heavy atom. The van der Waals surface area contributed by atoms with Gasteiger partial charge in [0.15, 0.2) is 9.84 Å². The van der Waals surface area contributed by atoms with Crippen LogP contribution in [-0.4, -0.2) is 20.1 Å². The second-order valence-electron chi connectivity index (χ2n) is 10.00. The Balaban J connectivity index is 1.27. The lowest BCUT2D eigenvalue weighted by Crippen LogP contribution is -2.28. The van der Waals surface area contributed by atoms with Gasteiger partial charge in [0, 0.05) is 16.9 Å². The van der Waals surface area contributed by atoms with Crippen molar-refractivity contribution < 1.29 is 13.2 Å². The number of anilines is 2. The van der Waals surface area contributed by atoms with Crippen molar-refractivity contribution in [3.05, 3.63) is 89.0 Å². The van der Waals surface area contributed by atoms with Crippen LogP contribution in [0.3, 0.4) is 0 Å². The highest BCUT2D eigenvalue weighted by molar-refractivity contribution is 7.91. The number of carbonyl (C=O) groups excluding carboxylic acids is 1. The largest absolute Gasteiger partial charge is 0.356 e. The topological polar surface area (TPSA) is 99.1 Å². The molecule has 2 N–H and O–H groups in total. The maximum absolute atomic E-state index is 13.0. The third kappa shape index (κ3) is 6.03. The van der Waals surface area contributed by atoms with E-state index in [0.29, 0.717) is 23.0 Å². The second kappa shape index (κ2) is 10.4. The van der Waals surface area contributed by atoms with Crippen LogP contribution in [0.2, 0.25) is 0 Å². The average molecular weight is 514 g/mol. The SMILES string of the molecule is CCS(=O)(=O)c1ccc([C@H](CC#N)NC(=O)c2ccc(Nc3cc(C4CC4)cc(C4CC4)c3)cc2)cc1. The van der Waals surface area contributed by atoms with Crippen LogP contribution in [-0.2, 0) is 9.84 Å². The summed E-state index contributed by atoms with van der Waals surface area (Å²) in [5.41, 5.74) is 6.02. The quantitative estimate of drug-likeness (QED) is 0.328. The molecule has 6 nitrogen and oxygen atoms in total. The Hall–Kier alpha value is -3.63. The Labute approximate surface area is 218 Å². The van der Waals surface area contributed by atoms with Gasteiger partial charge in [0.2, 0.25) is 0 Å². The molecule has 0 spiro atoms. The first-order chi connectivity index (χ1) is 17.9. The van der Waals surface area contributed by atoms with Crippen molar-refractivity contribution in [2.24, 2.45) is 0 Å². The lowest BCUT2D eigenvalue weighted by Gasteiger charge is -2.17. The van der Waals surface area contributed by atoms with E-state index in [-0.39, 0.29) is 23.0 Å². The maximum Gasteiger partial charge on any atom is 0.251 e. The highest BCUT2D eigenvalue weighted by Crippen LogP contribution is 2.46. The minimum Gasteiger partial charge on any atom is -0.356 e. The zero-order valence-electron chi connectivity index (χ0n) is 20.9. The van der Waals surface area contributed by atoms with Crippen molar-refractivity contribution in [2.45, 2.75) is 61.8 Å². The van der Waals surface area contributed by atoms with Crippen LogP contribution in [0.15, 0.2) is 71.6 Å². The van der Waals surface area contributed by atoms with Crippen LogP contribution in [0.25, 0.3) is 0 Å². The van der Waals surface area contributed by atoms with E-state index in [2.05, 4.69) is 34.9 Å². The average Bonchev–Trinajstić information content (AvgIpc) is 3.82. The van der Waals surface area contributed by atoms with E-state index < -0.39 is 15.9 Å². The minimum absolute atomic E-state index is 0.0171. The Morgan fingerprint density at radius 3 is 2.03 bits per heavy atom. The van der Waals surface area contributed by atoms with Gasteiger partial charge in [-0.1, -0.05) is 25.1 Å². The number of carbonyl (C=O) groups is 1. The summed E-state index contributed by atoms with van der Waals surface area (Å²) in [6.07, 6.45) is 5.16. The van der Waals surface area contributed by atoms with Crippen molar-refractivity contribution in [1.82, 2.24) is 5.32 Å². The first-order valence-electron chi connectivity index (χ1n) is 12.9. The molecule has 2 aliphatic carbocycles. The van der Waals surface area contributed by atoms with Gasteiger partial charge in [-0.25, -0.2) is 8.42 Å². The molecule has 0 aliphatic heterocycles. The number of nitrogens with one attached hydrogen (secondary N) is 2. The van der Waals surface area contributed by atoms with Crippen LogP contribution in [0.4, 0.5) is 11.4 Å². The lowest BCUT2D eigenvalue weighted by atomic mass is 10.0. The molecule has 5 rings (SSSR count). The summed E-state index contributed by atoms with van der Waals surface area (Å²) in [6, 6.07) is 22.1. The van der Waals surface area contributed by atoms with Crippen molar-refractivity contribution in [1.29, 1.82) is 5.26 Å². The van der Waals surface area contributed by atoms with Crippen molar-refractivity contribution in [3.8, 4) is 6.07 Å². The van der Waals surface area contributed by atoms with Crippen LogP contribution in [0.5, 0.6) is 0 Å². The van der Waals surface area contributed by atoms with Crippen LogP contribution in [0, 0.1) is 11.3 Å². The van der Waals surface area contributed by atoms with Crippen LogP contribution in [0.1, 0.15) is 84.0 Å². The fourth-order valence-corrected chi connectivity index (χ4v) is 5.47. The first kappa shape index (κ1) is 25.0. The molecular formula is C30H31N3O3S. The Kier molecular flexibility index (Phi) is 7.03. The zero-order chi connectivity index (χ0) is 26.0. The highest BCUT2D eigenvalue weighted by atomic mass is 32.2. The van der Waals surface area contributed by atoms with Crippen LogP contribution < -0.4 is 10.6 Å². The highest BCUT2D eigenvalue weighted by Gasteiger charge is 2.28. The Morgan fingerprint density at radius 1 is 0.919 bits per heavy atom. The fraction of sp³-hybridized carbons (Fsp3) is 0.333. The molecule has 190 valence electrons. The molecule has 2 aliphatic rings. The van der Waals surface area contributed by atoms with Gasteiger partial charge < -0.3 is 10.6 Å². The smallest absolute Gasteiger partial charge is 0.251 e. The number of nitrogens with zero attached hydrogens (tertiary/aromatic N) is 1. The van der Waals surface area contributed by atoms with E-state index in [9.17, 15) is 18.5 Å². The van der Waals surface area contributed by atoms with Gasteiger partial charge in [-0.2, -0.15) is 5.26 Å². The summed E-state index contributed by atoms with van der Waals surface area (Å²) in [5, 5.41) is 15.7. The predicted molar refractivity (Wildman–Crippen MR) is 145 cm³/mol. The molecule has 0 saturated heterocycles. The van der Waals surface area contributed by atoms with Crippen molar-refractivity contribution in [3.63, 3.8) is 0 Å².